The molecule has 1 aliphatic rings. The highest BCUT2D eigenvalue weighted by atomic mass is 127. The number of methoxy groups -OCH3 is 1. The van der Waals surface area contributed by atoms with Crippen molar-refractivity contribution in [3.8, 4) is 5.75 Å². The maximum Gasteiger partial charge on any atom is 0.338 e. The molecule has 0 saturated heterocycles. The fourth-order valence-electron chi connectivity index (χ4n) is 4.53. The van der Waals surface area contributed by atoms with Crippen molar-refractivity contribution < 1.29 is 18.7 Å². The van der Waals surface area contributed by atoms with Gasteiger partial charge in [-0.25, -0.2) is 14.2 Å². The van der Waals surface area contributed by atoms with E-state index in [1.54, 1.807) is 22.8 Å². The molecule has 0 unspecified atom stereocenters. The van der Waals surface area contributed by atoms with Crippen LogP contribution in [0.3, 0.4) is 0 Å². The molecule has 3 aromatic carbocycles. The number of esters is 1. The van der Waals surface area contributed by atoms with Crippen molar-refractivity contribution in [2.24, 2.45) is 4.99 Å². The monoisotopic (exact) mass is 780 g/mol. The van der Waals surface area contributed by atoms with Crippen LogP contribution >= 0.6 is 56.5 Å². The van der Waals surface area contributed by atoms with Crippen molar-refractivity contribution in [1.82, 2.24) is 4.57 Å². The molecule has 40 heavy (non-hydrogen) atoms. The summed E-state index contributed by atoms with van der Waals surface area (Å²) in [4.78, 5) is 32.0. The average molecular weight is 780 g/mol. The zero-order valence-electron chi connectivity index (χ0n) is 21.5. The Labute approximate surface area is 261 Å². The molecule has 0 N–H and O–H groups in total. The van der Waals surface area contributed by atoms with Gasteiger partial charge in [-0.1, -0.05) is 66.8 Å². The summed E-state index contributed by atoms with van der Waals surface area (Å²) in [5, 5.41) is 0. The van der Waals surface area contributed by atoms with Gasteiger partial charge in [-0.3, -0.25) is 9.36 Å². The van der Waals surface area contributed by atoms with Crippen molar-refractivity contribution in [2.45, 2.75) is 26.0 Å². The number of benzene rings is 3. The average Bonchev–Trinajstić information content (AvgIpc) is 3.26. The first-order valence-corrected chi connectivity index (χ1v) is 15.3. The molecule has 6 nitrogen and oxygen atoms in total. The minimum Gasteiger partial charge on any atom is -0.487 e. The van der Waals surface area contributed by atoms with Crippen LogP contribution in [-0.4, -0.2) is 17.6 Å². The highest BCUT2D eigenvalue weighted by molar-refractivity contribution is 14.1. The van der Waals surface area contributed by atoms with E-state index >= 15 is 0 Å². The molecule has 0 amide bonds. The van der Waals surface area contributed by atoms with E-state index in [9.17, 15) is 14.0 Å². The van der Waals surface area contributed by atoms with Crippen molar-refractivity contribution in [3.63, 3.8) is 0 Å². The van der Waals surface area contributed by atoms with Crippen LogP contribution in [0.1, 0.15) is 36.1 Å². The van der Waals surface area contributed by atoms with Crippen LogP contribution in [-0.2, 0) is 16.1 Å². The maximum atomic E-state index is 14.1. The van der Waals surface area contributed by atoms with Gasteiger partial charge in [-0.2, -0.15) is 0 Å². The fraction of sp³-hybridized carbons (Fsp3) is 0.167. The normalized spacial score (nSPS) is 15.0. The second kappa shape index (κ2) is 12.4. The number of carbonyl (C=O) groups excluding carboxylic acids is 1. The second-order valence-corrected chi connectivity index (χ2v) is 12.2. The minimum atomic E-state index is -0.642. The largest absolute Gasteiger partial charge is 0.487 e. The summed E-state index contributed by atoms with van der Waals surface area (Å²) in [6.45, 7) is 2.04. The number of aromatic nitrogens is 1. The van der Waals surface area contributed by atoms with E-state index in [0.717, 1.165) is 18.3 Å². The Morgan fingerprint density at radius 2 is 1.77 bits per heavy atom. The maximum absolute atomic E-state index is 14.1. The summed E-state index contributed by atoms with van der Waals surface area (Å²) in [5.74, 6) is -0.156. The first kappa shape index (κ1) is 28.7. The number of nitrogens with zero attached hydrogens (tertiary/aromatic N) is 2. The van der Waals surface area contributed by atoms with E-state index < -0.39 is 12.0 Å². The molecule has 0 bridgehead atoms. The van der Waals surface area contributed by atoms with Gasteiger partial charge in [-0.15, -0.1) is 0 Å². The van der Waals surface area contributed by atoms with Gasteiger partial charge in [-0.05, 0) is 87.0 Å². The van der Waals surface area contributed by atoms with E-state index in [1.807, 2.05) is 55.5 Å². The van der Waals surface area contributed by atoms with Gasteiger partial charge in [0, 0.05) is 5.56 Å². The number of fused-ring (bicyclic) bond motifs is 1. The molecule has 10 heteroatoms. The molecule has 0 radical (unpaired) electrons. The Kier molecular flexibility index (Phi) is 8.86. The number of hydrogen-bond donors (Lipinski definition) is 0. The summed E-state index contributed by atoms with van der Waals surface area (Å²) in [6.07, 6.45) is 2.34. The summed E-state index contributed by atoms with van der Waals surface area (Å²) in [6, 6.07) is 19.2. The Balaban J connectivity index is 1.57. The third-order valence-corrected chi connectivity index (χ3v) is 9.00. The fourth-order valence-corrected chi connectivity index (χ4v) is 7.68. The van der Waals surface area contributed by atoms with Crippen LogP contribution in [0.25, 0.3) is 6.08 Å². The molecule has 5 rings (SSSR count). The zero-order valence-corrected chi connectivity index (χ0v) is 26.6. The van der Waals surface area contributed by atoms with Crippen LogP contribution in [0.2, 0.25) is 0 Å². The number of hydrogen-bond acceptors (Lipinski definition) is 6. The molecule has 204 valence electrons. The highest BCUT2D eigenvalue weighted by Gasteiger charge is 2.33. The third kappa shape index (κ3) is 5.66. The second-order valence-electron chi connectivity index (χ2n) is 8.89. The van der Waals surface area contributed by atoms with E-state index in [2.05, 4.69) is 45.2 Å². The van der Waals surface area contributed by atoms with Crippen LogP contribution in [0.5, 0.6) is 5.75 Å². The zero-order chi connectivity index (χ0) is 28.4. The minimum absolute atomic E-state index is 0.110. The van der Waals surface area contributed by atoms with Gasteiger partial charge in [0.05, 0.1) is 36.1 Å². The van der Waals surface area contributed by atoms with Gasteiger partial charge in [0.25, 0.3) is 5.56 Å². The SMILES string of the molecule is CCC1=C(C(=O)OC)[C@H](c2ccccc2)n2c(s/c(=C\c3cc(I)c(OCc4ccccc4F)c(I)c3)c2=O)=N1. The summed E-state index contributed by atoms with van der Waals surface area (Å²) < 4.78 is 28.9. The Morgan fingerprint density at radius 1 is 1.10 bits per heavy atom. The molecule has 1 aromatic heterocycles. The van der Waals surface area contributed by atoms with Crippen molar-refractivity contribution in [2.75, 3.05) is 7.11 Å². The van der Waals surface area contributed by atoms with Crippen molar-refractivity contribution in [1.29, 1.82) is 0 Å². The topological polar surface area (TPSA) is 69.9 Å². The Bertz CT molecular complexity index is 1790. The molecule has 0 spiro atoms. The standard InChI is InChI=1S/C30H23FI2N2O4S/c1-3-23-25(29(37)38-2)26(18-9-5-4-6-10-18)35-28(36)24(40-30(35)34-23)15-17-13-21(32)27(22(33)14-17)39-16-19-11-7-8-12-20(19)31/h4-15,26H,3,16H2,1-2H3/b24-15-/t26-/m0/s1. The Hall–Kier alpha value is -2.84. The van der Waals surface area contributed by atoms with Crippen LogP contribution in [0.4, 0.5) is 4.39 Å². The Morgan fingerprint density at radius 3 is 2.42 bits per heavy atom. The number of thiazole rings is 1. The third-order valence-electron chi connectivity index (χ3n) is 6.41. The summed E-state index contributed by atoms with van der Waals surface area (Å²) in [5.41, 5.74) is 2.84. The molecular weight excluding hydrogens is 757 g/mol. The quantitative estimate of drug-likeness (QED) is 0.178. The lowest BCUT2D eigenvalue weighted by molar-refractivity contribution is -0.136. The molecule has 1 aliphatic heterocycles. The number of ether oxygens (including phenoxy) is 2. The van der Waals surface area contributed by atoms with E-state index in [-0.39, 0.29) is 18.0 Å². The molecule has 1 atom stereocenters. The molecule has 0 aliphatic carbocycles. The van der Waals surface area contributed by atoms with Crippen LogP contribution < -0.4 is 19.6 Å². The molecule has 0 fully saturated rings. The highest BCUT2D eigenvalue weighted by Crippen LogP contribution is 2.32. The lowest BCUT2D eigenvalue weighted by Gasteiger charge is -2.25. The summed E-state index contributed by atoms with van der Waals surface area (Å²) >= 11 is 5.65. The van der Waals surface area contributed by atoms with Crippen LogP contribution in [0, 0.1) is 13.0 Å². The first-order valence-electron chi connectivity index (χ1n) is 12.4. The number of allylic oxidation sites excluding steroid dienone is 1. The predicted octanol–water partition coefficient (Wildman–Crippen LogP) is 5.73. The molecule has 0 saturated carbocycles. The van der Waals surface area contributed by atoms with Crippen LogP contribution in [0.15, 0.2) is 87.8 Å². The van der Waals surface area contributed by atoms with Gasteiger partial charge >= 0.3 is 5.97 Å². The molecule has 4 aromatic rings. The van der Waals surface area contributed by atoms with Gasteiger partial charge in [0.2, 0.25) is 0 Å². The van der Waals surface area contributed by atoms with Crippen molar-refractivity contribution in [3.05, 3.63) is 127 Å². The van der Waals surface area contributed by atoms with E-state index in [4.69, 9.17) is 14.5 Å². The van der Waals surface area contributed by atoms with Gasteiger partial charge in [0.1, 0.15) is 18.2 Å². The summed E-state index contributed by atoms with van der Waals surface area (Å²) in [7, 11) is 1.34. The predicted molar refractivity (Wildman–Crippen MR) is 169 cm³/mol. The van der Waals surface area contributed by atoms with Crippen molar-refractivity contribution >= 4 is 68.6 Å². The first-order chi connectivity index (χ1) is 19.3. The molecular formula is C30H23FI2N2O4S. The smallest absolute Gasteiger partial charge is 0.338 e. The van der Waals surface area contributed by atoms with E-state index in [1.165, 1.54) is 24.5 Å². The number of halogens is 3. The molecule has 2 heterocycles. The number of carbonyl (C=O) groups is 1. The van der Waals surface area contributed by atoms with Gasteiger partial charge < -0.3 is 9.47 Å². The lowest BCUT2D eigenvalue weighted by atomic mass is 9.95. The lowest BCUT2D eigenvalue weighted by Crippen LogP contribution is -2.40. The van der Waals surface area contributed by atoms with Gasteiger partial charge in [0.15, 0.2) is 4.80 Å². The number of rotatable bonds is 7. The van der Waals surface area contributed by atoms with E-state index in [0.29, 0.717) is 38.3 Å².